The second kappa shape index (κ2) is 5.58. The van der Waals surface area contributed by atoms with Crippen LogP contribution in [0.25, 0.3) is 0 Å². The Morgan fingerprint density at radius 1 is 1.53 bits per heavy atom. The van der Waals surface area contributed by atoms with E-state index in [1.165, 1.54) is 25.2 Å². The summed E-state index contributed by atoms with van der Waals surface area (Å²) in [6, 6.07) is 0. The number of nitrogens with zero attached hydrogens (tertiary/aromatic N) is 2. The molecule has 0 radical (unpaired) electrons. The lowest BCUT2D eigenvalue weighted by Crippen LogP contribution is -2.28. The molecule has 1 fully saturated rings. The van der Waals surface area contributed by atoms with Crippen LogP contribution in [0.2, 0.25) is 0 Å². The standard InChI is InChI=1S/C11H16N4O2/c12-10-6-13-5-9(15-10)11(16)14-3-4-17-7-8-1-2-8/h5-6,8H,1-4,7H2,(H2,12,15)(H,14,16). The molecular formula is C11H16N4O2. The van der Waals surface area contributed by atoms with Crippen LogP contribution in [0.5, 0.6) is 0 Å². The van der Waals surface area contributed by atoms with Gasteiger partial charge >= 0.3 is 0 Å². The molecule has 0 aliphatic heterocycles. The van der Waals surface area contributed by atoms with Gasteiger partial charge in [0.05, 0.1) is 19.0 Å². The molecule has 0 bridgehead atoms. The van der Waals surface area contributed by atoms with Crippen LogP contribution in [0.1, 0.15) is 23.3 Å². The fraction of sp³-hybridized carbons (Fsp3) is 0.545. The Bertz CT molecular complexity index is 393. The van der Waals surface area contributed by atoms with Crippen LogP contribution in [0.3, 0.4) is 0 Å². The molecule has 0 unspecified atom stereocenters. The van der Waals surface area contributed by atoms with Gasteiger partial charge in [0.1, 0.15) is 11.5 Å². The second-order valence-electron chi connectivity index (χ2n) is 4.10. The Hall–Kier alpha value is -1.69. The van der Waals surface area contributed by atoms with Crippen molar-refractivity contribution in [2.75, 3.05) is 25.5 Å². The van der Waals surface area contributed by atoms with Crippen molar-refractivity contribution in [2.45, 2.75) is 12.8 Å². The Labute approximate surface area is 99.6 Å². The number of nitrogens with one attached hydrogen (secondary N) is 1. The van der Waals surface area contributed by atoms with Gasteiger partial charge in [-0.15, -0.1) is 0 Å². The number of hydrogen-bond acceptors (Lipinski definition) is 5. The number of carbonyl (C=O) groups excluding carboxylic acids is 1. The minimum absolute atomic E-state index is 0.229. The van der Waals surface area contributed by atoms with Crippen molar-refractivity contribution in [1.29, 1.82) is 0 Å². The summed E-state index contributed by atoms with van der Waals surface area (Å²) in [5.74, 6) is 0.702. The fourth-order valence-electron chi connectivity index (χ4n) is 1.35. The van der Waals surface area contributed by atoms with Gasteiger partial charge in [0.15, 0.2) is 0 Å². The normalized spacial score (nSPS) is 14.6. The van der Waals surface area contributed by atoms with E-state index in [9.17, 15) is 4.79 Å². The highest BCUT2D eigenvalue weighted by molar-refractivity contribution is 5.92. The second-order valence-corrected chi connectivity index (χ2v) is 4.10. The van der Waals surface area contributed by atoms with Crippen molar-refractivity contribution < 1.29 is 9.53 Å². The molecule has 0 atom stereocenters. The maximum Gasteiger partial charge on any atom is 0.271 e. The van der Waals surface area contributed by atoms with Crippen molar-refractivity contribution in [2.24, 2.45) is 5.92 Å². The molecule has 3 N–H and O–H groups in total. The molecule has 17 heavy (non-hydrogen) atoms. The van der Waals surface area contributed by atoms with Gasteiger partial charge in [-0.3, -0.25) is 9.78 Å². The van der Waals surface area contributed by atoms with E-state index >= 15 is 0 Å². The molecule has 2 rings (SSSR count). The minimum atomic E-state index is -0.278. The Balaban J connectivity index is 1.65. The summed E-state index contributed by atoms with van der Waals surface area (Å²) in [5.41, 5.74) is 5.66. The zero-order valence-corrected chi connectivity index (χ0v) is 9.56. The summed E-state index contributed by atoms with van der Waals surface area (Å²) in [5, 5.41) is 2.70. The number of nitrogen functional groups attached to an aromatic ring is 1. The average molecular weight is 236 g/mol. The van der Waals surface area contributed by atoms with Crippen molar-refractivity contribution in [3.05, 3.63) is 18.1 Å². The van der Waals surface area contributed by atoms with Crippen LogP contribution < -0.4 is 11.1 Å². The van der Waals surface area contributed by atoms with Crippen molar-refractivity contribution in [3.63, 3.8) is 0 Å². The van der Waals surface area contributed by atoms with E-state index in [1.54, 1.807) is 0 Å². The number of hydrogen-bond donors (Lipinski definition) is 2. The summed E-state index contributed by atoms with van der Waals surface area (Å²) >= 11 is 0. The molecule has 1 amide bonds. The first-order valence-corrected chi connectivity index (χ1v) is 5.69. The van der Waals surface area contributed by atoms with Gasteiger partial charge in [-0.05, 0) is 18.8 Å². The molecule has 0 saturated heterocycles. The highest BCUT2D eigenvalue weighted by Gasteiger charge is 2.20. The molecule has 1 saturated carbocycles. The monoisotopic (exact) mass is 236 g/mol. The van der Waals surface area contributed by atoms with Gasteiger partial charge in [-0.25, -0.2) is 4.98 Å². The summed E-state index contributed by atoms with van der Waals surface area (Å²) in [6.07, 6.45) is 5.32. The molecule has 92 valence electrons. The number of amides is 1. The van der Waals surface area contributed by atoms with Gasteiger partial charge < -0.3 is 15.8 Å². The Morgan fingerprint density at radius 3 is 3.06 bits per heavy atom. The van der Waals surface area contributed by atoms with Crippen LogP contribution in [0.15, 0.2) is 12.4 Å². The van der Waals surface area contributed by atoms with Crippen LogP contribution in [-0.2, 0) is 4.74 Å². The van der Waals surface area contributed by atoms with E-state index in [1.807, 2.05) is 0 Å². The zero-order chi connectivity index (χ0) is 12.1. The lowest BCUT2D eigenvalue weighted by atomic mass is 10.4. The smallest absolute Gasteiger partial charge is 0.271 e. The highest BCUT2D eigenvalue weighted by Crippen LogP contribution is 2.28. The summed E-state index contributed by atoms with van der Waals surface area (Å²) in [7, 11) is 0. The molecule has 1 heterocycles. The number of ether oxygens (including phenoxy) is 1. The van der Waals surface area contributed by atoms with Gasteiger partial charge in [-0.2, -0.15) is 0 Å². The largest absolute Gasteiger partial charge is 0.382 e. The van der Waals surface area contributed by atoms with Gasteiger partial charge in [0, 0.05) is 13.2 Å². The maximum atomic E-state index is 11.6. The zero-order valence-electron chi connectivity index (χ0n) is 9.56. The molecule has 1 aliphatic carbocycles. The van der Waals surface area contributed by atoms with Gasteiger partial charge in [-0.1, -0.05) is 0 Å². The average Bonchev–Trinajstić information content (AvgIpc) is 3.12. The highest BCUT2D eigenvalue weighted by atomic mass is 16.5. The SMILES string of the molecule is Nc1cncc(C(=O)NCCOCC2CC2)n1. The van der Waals surface area contributed by atoms with Crippen molar-refractivity contribution >= 4 is 11.7 Å². The first kappa shape index (κ1) is 11.8. The van der Waals surface area contributed by atoms with E-state index in [-0.39, 0.29) is 17.4 Å². The molecule has 1 aromatic rings. The van der Waals surface area contributed by atoms with Crippen LogP contribution in [0.4, 0.5) is 5.82 Å². The number of nitrogens with two attached hydrogens (primary N) is 1. The third-order valence-corrected chi connectivity index (χ3v) is 2.47. The third-order valence-electron chi connectivity index (χ3n) is 2.47. The number of rotatable bonds is 6. The van der Waals surface area contributed by atoms with Gasteiger partial charge in [0.25, 0.3) is 5.91 Å². The molecule has 1 aromatic heterocycles. The quantitative estimate of drug-likeness (QED) is 0.689. The number of aromatic nitrogens is 2. The van der Waals surface area contributed by atoms with Crippen LogP contribution in [0, 0.1) is 5.92 Å². The molecular weight excluding hydrogens is 220 g/mol. The van der Waals surface area contributed by atoms with Crippen LogP contribution >= 0.6 is 0 Å². The summed E-state index contributed by atoms with van der Waals surface area (Å²) in [4.78, 5) is 19.3. The van der Waals surface area contributed by atoms with E-state index in [0.717, 1.165) is 12.5 Å². The maximum absolute atomic E-state index is 11.6. The summed E-state index contributed by atoms with van der Waals surface area (Å²) in [6.45, 7) is 1.80. The molecule has 0 spiro atoms. The topological polar surface area (TPSA) is 90.1 Å². The van der Waals surface area contributed by atoms with Crippen molar-refractivity contribution in [3.8, 4) is 0 Å². The lowest BCUT2D eigenvalue weighted by Gasteiger charge is -2.05. The third kappa shape index (κ3) is 3.99. The van der Waals surface area contributed by atoms with E-state index < -0.39 is 0 Å². The predicted molar refractivity (Wildman–Crippen MR) is 62.3 cm³/mol. The van der Waals surface area contributed by atoms with Crippen molar-refractivity contribution in [1.82, 2.24) is 15.3 Å². The first-order chi connectivity index (χ1) is 8.25. The molecule has 1 aliphatic rings. The van der Waals surface area contributed by atoms with E-state index in [2.05, 4.69) is 15.3 Å². The first-order valence-electron chi connectivity index (χ1n) is 5.69. The predicted octanol–water partition coefficient (Wildman–Crippen LogP) is 0.215. The van der Waals surface area contributed by atoms with Crippen LogP contribution in [-0.4, -0.2) is 35.6 Å². The Kier molecular flexibility index (Phi) is 3.87. The number of carbonyl (C=O) groups is 1. The molecule has 0 aromatic carbocycles. The van der Waals surface area contributed by atoms with E-state index in [4.69, 9.17) is 10.5 Å². The number of anilines is 1. The molecule has 6 heteroatoms. The summed E-state index contributed by atoms with van der Waals surface area (Å²) < 4.78 is 5.39. The molecule has 6 nitrogen and oxygen atoms in total. The Morgan fingerprint density at radius 2 is 2.35 bits per heavy atom. The lowest BCUT2D eigenvalue weighted by molar-refractivity contribution is 0.0901. The van der Waals surface area contributed by atoms with E-state index in [0.29, 0.717) is 13.2 Å². The minimum Gasteiger partial charge on any atom is -0.382 e. The fourth-order valence-corrected chi connectivity index (χ4v) is 1.35. The van der Waals surface area contributed by atoms with Gasteiger partial charge in [0.2, 0.25) is 0 Å².